The Morgan fingerprint density at radius 1 is 0.491 bits per heavy atom. The van der Waals surface area contributed by atoms with Gasteiger partial charge in [0.25, 0.3) is 0 Å². The first kappa shape index (κ1) is 34.8. The second kappa shape index (κ2) is 16.6. The Kier molecular flexibility index (Phi) is 10.5. The molecule has 2 heterocycles. The summed E-state index contributed by atoms with van der Waals surface area (Å²) in [6, 6.07) is 59.9. The topological polar surface area (TPSA) is 76.0 Å². The molecule has 2 aromatic heterocycles. The summed E-state index contributed by atoms with van der Waals surface area (Å²) in [6.07, 6.45) is 5.81. The molecule has 0 aliphatic rings. The lowest BCUT2D eigenvalue weighted by atomic mass is 9.99. The molecule has 0 fully saturated rings. The Morgan fingerprint density at radius 3 is 1.58 bits per heavy atom. The van der Waals surface area contributed by atoms with E-state index in [1.54, 1.807) is 6.20 Å². The molecular weight excluding hydrogens is 673 g/mol. The first-order valence-corrected chi connectivity index (χ1v) is 18.3. The normalized spacial score (nSPS) is 11.7. The maximum atomic E-state index is 5.11. The average molecular weight is 711 g/mol. The van der Waals surface area contributed by atoms with Crippen LogP contribution in [-0.2, 0) is 6.54 Å². The van der Waals surface area contributed by atoms with Crippen LogP contribution >= 0.6 is 0 Å². The number of nitrogens with one attached hydrogen (secondary N) is 1. The number of nitrogens with zero attached hydrogens (tertiary/aromatic N) is 5. The van der Waals surface area contributed by atoms with E-state index in [9.17, 15) is 0 Å². The van der Waals surface area contributed by atoms with Gasteiger partial charge in [0.05, 0.1) is 12.3 Å². The number of aromatic nitrogens is 4. The van der Waals surface area contributed by atoms with Crippen LogP contribution in [0.3, 0.4) is 0 Å². The quantitative estimate of drug-likeness (QED) is 0.135. The SMILES string of the molecule is CN/C(=C\C(=N/Cc1ccccc1)c1ccc(-c2cccnc2)cc1)c1ccc(-c2cccc(-c3nc(-c4ccccc4)nc(-c4ccccc4)n3)c2)cc1. The molecule has 0 aliphatic carbocycles. The van der Waals surface area contributed by atoms with Gasteiger partial charge in [-0.2, -0.15) is 0 Å². The number of benzene rings is 6. The first-order valence-electron chi connectivity index (χ1n) is 18.3. The average Bonchev–Trinajstić information content (AvgIpc) is 3.28. The van der Waals surface area contributed by atoms with Crippen molar-refractivity contribution in [2.45, 2.75) is 6.54 Å². The van der Waals surface area contributed by atoms with E-state index in [4.69, 9.17) is 19.9 Å². The van der Waals surface area contributed by atoms with Crippen molar-refractivity contribution < 1.29 is 0 Å². The van der Waals surface area contributed by atoms with Crippen molar-refractivity contribution in [3.63, 3.8) is 0 Å². The molecule has 0 saturated heterocycles. The van der Waals surface area contributed by atoms with E-state index in [0.717, 1.165) is 67.0 Å². The summed E-state index contributed by atoms with van der Waals surface area (Å²) in [5.41, 5.74) is 12.3. The maximum absolute atomic E-state index is 5.11. The summed E-state index contributed by atoms with van der Waals surface area (Å²) in [4.78, 5) is 24.1. The number of aliphatic imine (C=N–C) groups is 1. The zero-order valence-corrected chi connectivity index (χ0v) is 30.4. The molecule has 6 nitrogen and oxygen atoms in total. The zero-order valence-electron chi connectivity index (χ0n) is 30.4. The van der Waals surface area contributed by atoms with Crippen molar-refractivity contribution in [1.29, 1.82) is 0 Å². The van der Waals surface area contributed by atoms with Crippen LogP contribution < -0.4 is 5.32 Å². The second-order valence-electron chi connectivity index (χ2n) is 13.0. The largest absolute Gasteiger partial charge is 0.388 e. The predicted molar refractivity (Wildman–Crippen MR) is 225 cm³/mol. The van der Waals surface area contributed by atoms with E-state index >= 15 is 0 Å². The summed E-state index contributed by atoms with van der Waals surface area (Å²) in [5, 5.41) is 3.43. The number of hydrogen-bond acceptors (Lipinski definition) is 6. The molecule has 8 rings (SSSR count). The third kappa shape index (κ3) is 8.35. The molecule has 0 amide bonds. The van der Waals surface area contributed by atoms with Gasteiger partial charge < -0.3 is 5.32 Å². The Labute approximate surface area is 321 Å². The van der Waals surface area contributed by atoms with E-state index in [1.165, 1.54) is 0 Å². The van der Waals surface area contributed by atoms with Crippen LogP contribution in [0.2, 0.25) is 0 Å². The summed E-state index contributed by atoms with van der Waals surface area (Å²) in [5.74, 6) is 1.91. The van der Waals surface area contributed by atoms with Gasteiger partial charge in [-0.3, -0.25) is 9.98 Å². The van der Waals surface area contributed by atoms with Crippen molar-refractivity contribution in [1.82, 2.24) is 25.3 Å². The van der Waals surface area contributed by atoms with Gasteiger partial charge >= 0.3 is 0 Å². The summed E-state index contributed by atoms with van der Waals surface area (Å²) < 4.78 is 0. The molecule has 8 aromatic rings. The molecular formula is C49H38N6. The highest BCUT2D eigenvalue weighted by Gasteiger charge is 2.13. The van der Waals surface area contributed by atoms with E-state index in [2.05, 4.69) is 107 Å². The smallest absolute Gasteiger partial charge is 0.164 e. The molecule has 0 radical (unpaired) electrons. The number of allylic oxidation sites excluding steroid dienone is 1. The number of hydrogen-bond donors (Lipinski definition) is 1. The number of rotatable bonds is 11. The van der Waals surface area contributed by atoms with Crippen LogP contribution in [0.5, 0.6) is 0 Å². The van der Waals surface area contributed by atoms with Crippen molar-refractivity contribution >= 4 is 11.4 Å². The highest BCUT2D eigenvalue weighted by atomic mass is 15.0. The van der Waals surface area contributed by atoms with Crippen molar-refractivity contribution in [2.24, 2.45) is 4.99 Å². The summed E-state index contributed by atoms with van der Waals surface area (Å²) in [7, 11) is 1.95. The van der Waals surface area contributed by atoms with E-state index < -0.39 is 0 Å². The van der Waals surface area contributed by atoms with Gasteiger partial charge in [0.2, 0.25) is 0 Å². The minimum Gasteiger partial charge on any atom is -0.388 e. The predicted octanol–water partition coefficient (Wildman–Crippen LogP) is 10.9. The van der Waals surface area contributed by atoms with E-state index in [-0.39, 0.29) is 0 Å². The van der Waals surface area contributed by atoms with Gasteiger partial charge in [-0.25, -0.2) is 15.0 Å². The van der Waals surface area contributed by atoms with Gasteiger partial charge in [0.1, 0.15) is 0 Å². The Hall–Kier alpha value is -7.31. The van der Waals surface area contributed by atoms with E-state index in [1.807, 2.05) is 98.2 Å². The molecule has 0 saturated carbocycles. The second-order valence-corrected chi connectivity index (χ2v) is 13.0. The standard InChI is InChI=1S/C49H38N6/c1-50-45(32-46(52-33-35-13-5-2-6-14-35)39-28-24-37(25-29-39)44-21-12-30-51-34-44)38-26-22-36(23-27-38)42-19-11-20-43(31-42)49-54-47(40-15-7-3-8-16-40)53-48(55-49)41-17-9-4-10-18-41/h2-32,34,50H,33H2,1H3/b45-32-,52-46+. The van der Waals surface area contributed by atoms with Crippen molar-refractivity contribution in [3.05, 3.63) is 211 Å². The Morgan fingerprint density at radius 2 is 1.00 bits per heavy atom. The minimum atomic E-state index is 0.574. The third-order valence-electron chi connectivity index (χ3n) is 9.35. The lowest BCUT2D eigenvalue weighted by Gasteiger charge is -2.12. The molecule has 6 heteroatoms. The van der Waals surface area contributed by atoms with Crippen LogP contribution in [0, 0.1) is 0 Å². The van der Waals surface area contributed by atoms with Gasteiger partial charge in [-0.15, -0.1) is 0 Å². The lowest BCUT2D eigenvalue weighted by molar-refractivity contribution is 1.07. The minimum absolute atomic E-state index is 0.574. The molecule has 0 atom stereocenters. The van der Waals surface area contributed by atoms with Crippen molar-refractivity contribution in [2.75, 3.05) is 7.05 Å². The fraction of sp³-hybridized carbons (Fsp3) is 0.0408. The van der Waals surface area contributed by atoms with Crippen LogP contribution in [-0.4, -0.2) is 32.7 Å². The molecule has 0 aliphatic heterocycles. The number of pyridine rings is 1. The van der Waals surface area contributed by atoms with Crippen molar-refractivity contribution in [3.8, 4) is 56.4 Å². The van der Waals surface area contributed by atoms with Crippen LogP contribution in [0.15, 0.2) is 199 Å². The van der Waals surface area contributed by atoms with Crippen LogP contribution in [0.4, 0.5) is 0 Å². The molecule has 55 heavy (non-hydrogen) atoms. The fourth-order valence-electron chi connectivity index (χ4n) is 6.40. The van der Waals surface area contributed by atoms with Gasteiger partial charge in [0.15, 0.2) is 17.5 Å². The zero-order chi connectivity index (χ0) is 37.2. The Balaban J connectivity index is 1.10. The molecule has 0 bridgehead atoms. The van der Waals surface area contributed by atoms with Gasteiger partial charge in [-0.1, -0.05) is 164 Å². The molecule has 1 N–H and O–H groups in total. The highest BCUT2D eigenvalue weighted by molar-refractivity contribution is 6.12. The Bertz CT molecular complexity index is 2490. The summed E-state index contributed by atoms with van der Waals surface area (Å²) in [6.45, 7) is 0.574. The lowest BCUT2D eigenvalue weighted by Crippen LogP contribution is -2.09. The van der Waals surface area contributed by atoms with Gasteiger partial charge in [-0.05, 0) is 57.2 Å². The molecule has 6 aromatic carbocycles. The van der Waals surface area contributed by atoms with E-state index in [0.29, 0.717) is 24.0 Å². The van der Waals surface area contributed by atoms with Gasteiger partial charge in [0, 0.05) is 41.8 Å². The van der Waals surface area contributed by atoms with Crippen LogP contribution in [0.1, 0.15) is 16.7 Å². The fourth-order valence-corrected chi connectivity index (χ4v) is 6.40. The summed E-state index contributed by atoms with van der Waals surface area (Å²) >= 11 is 0. The third-order valence-corrected chi connectivity index (χ3v) is 9.35. The molecule has 264 valence electrons. The first-order chi connectivity index (χ1) is 27.2. The molecule has 0 spiro atoms. The maximum Gasteiger partial charge on any atom is 0.164 e. The monoisotopic (exact) mass is 710 g/mol. The van der Waals surface area contributed by atoms with Crippen LogP contribution in [0.25, 0.3) is 62.1 Å². The molecule has 0 unspecified atom stereocenters. The highest BCUT2D eigenvalue weighted by Crippen LogP contribution is 2.29.